The van der Waals surface area contributed by atoms with Gasteiger partial charge in [-0.1, -0.05) is 25.7 Å². The van der Waals surface area contributed by atoms with Gasteiger partial charge >= 0.3 is 0 Å². The molecule has 0 aromatic heterocycles. The highest BCUT2D eigenvalue weighted by Crippen LogP contribution is 2.48. The van der Waals surface area contributed by atoms with Gasteiger partial charge in [0.1, 0.15) is 5.82 Å². The molecule has 1 aliphatic heterocycles. The maximum absolute atomic E-state index is 13.6. The minimum absolute atomic E-state index is 0.122. The Morgan fingerprint density at radius 3 is 2.53 bits per heavy atom. The van der Waals surface area contributed by atoms with E-state index in [1.54, 1.807) is 12.1 Å². The van der Waals surface area contributed by atoms with Crippen LogP contribution >= 0.6 is 15.9 Å². The van der Waals surface area contributed by atoms with Gasteiger partial charge in [0.2, 0.25) is 0 Å². The normalized spacial score (nSPS) is 22.0. The lowest BCUT2D eigenvalue weighted by molar-refractivity contribution is 0.406. The molecule has 1 fully saturated rings. The molecule has 3 rings (SSSR count). The van der Waals surface area contributed by atoms with Crippen molar-refractivity contribution in [2.24, 2.45) is 0 Å². The van der Waals surface area contributed by atoms with Gasteiger partial charge in [-0.15, -0.1) is 0 Å². The Morgan fingerprint density at radius 1 is 1.12 bits per heavy atom. The Morgan fingerprint density at radius 2 is 1.82 bits per heavy atom. The van der Waals surface area contributed by atoms with Crippen molar-refractivity contribution in [3.05, 3.63) is 28.0 Å². The monoisotopic (exact) mass is 297 g/mol. The van der Waals surface area contributed by atoms with Crippen LogP contribution in [0.3, 0.4) is 0 Å². The second-order valence-corrected chi connectivity index (χ2v) is 6.21. The van der Waals surface area contributed by atoms with Crippen LogP contribution in [-0.2, 0) is 5.41 Å². The van der Waals surface area contributed by atoms with Gasteiger partial charge in [-0.25, -0.2) is 4.39 Å². The van der Waals surface area contributed by atoms with Crippen LogP contribution in [0.25, 0.3) is 0 Å². The van der Waals surface area contributed by atoms with Crippen molar-refractivity contribution in [3.63, 3.8) is 0 Å². The van der Waals surface area contributed by atoms with E-state index in [1.807, 2.05) is 0 Å². The first-order chi connectivity index (χ1) is 8.21. The van der Waals surface area contributed by atoms with Gasteiger partial charge in [0, 0.05) is 16.4 Å². The van der Waals surface area contributed by atoms with Crippen LogP contribution in [0.5, 0.6) is 0 Å². The van der Waals surface area contributed by atoms with E-state index >= 15 is 0 Å². The SMILES string of the molecule is Fc1cc(Br)c2c(c1)C1(CCCCCC1)CN2. The summed E-state index contributed by atoms with van der Waals surface area (Å²) in [5.74, 6) is -0.122. The van der Waals surface area contributed by atoms with Gasteiger partial charge in [-0.05, 0) is 46.5 Å². The zero-order chi connectivity index (χ0) is 11.9. The van der Waals surface area contributed by atoms with Crippen LogP contribution in [0.1, 0.15) is 44.1 Å². The Balaban J connectivity index is 2.07. The third kappa shape index (κ3) is 1.88. The van der Waals surface area contributed by atoms with Crippen molar-refractivity contribution in [3.8, 4) is 0 Å². The molecule has 0 amide bonds. The number of rotatable bonds is 0. The van der Waals surface area contributed by atoms with Gasteiger partial charge in [0.15, 0.2) is 0 Å². The number of halogens is 2. The van der Waals surface area contributed by atoms with Crippen molar-refractivity contribution in [2.45, 2.75) is 43.9 Å². The third-order valence-corrected chi connectivity index (χ3v) is 4.92. The minimum Gasteiger partial charge on any atom is -0.383 e. The van der Waals surface area contributed by atoms with Crippen LogP contribution in [0.15, 0.2) is 16.6 Å². The Hall–Kier alpha value is -0.570. The highest BCUT2D eigenvalue weighted by atomic mass is 79.9. The molecule has 0 bridgehead atoms. The van der Waals surface area contributed by atoms with E-state index in [0.29, 0.717) is 0 Å². The smallest absolute Gasteiger partial charge is 0.124 e. The summed E-state index contributed by atoms with van der Waals surface area (Å²) in [6.45, 7) is 0.977. The first-order valence-electron chi connectivity index (χ1n) is 6.45. The van der Waals surface area contributed by atoms with E-state index in [1.165, 1.54) is 44.1 Å². The number of hydrogen-bond acceptors (Lipinski definition) is 1. The molecule has 0 unspecified atom stereocenters. The highest BCUT2D eigenvalue weighted by Gasteiger charge is 2.39. The molecule has 2 aliphatic rings. The van der Waals surface area contributed by atoms with E-state index in [4.69, 9.17) is 0 Å². The predicted molar refractivity (Wildman–Crippen MR) is 72.0 cm³/mol. The summed E-state index contributed by atoms with van der Waals surface area (Å²) in [7, 11) is 0. The molecular weight excluding hydrogens is 281 g/mol. The Labute approximate surface area is 110 Å². The average molecular weight is 298 g/mol. The molecule has 17 heavy (non-hydrogen) atoms. The second-order valence-electron chi connectivity index (χ2n) is 5.36. The van der Waals surface area contributed by atoms with Crippen LogP contribution < -0.4 is 5.32 Å². The van der Waals surface area contributed by atoms with Crippen LogP contribution in [0.4, 0.5) is 10.1 Å². The lowest BCUT2D eigenvalue weighted by atomic mass is 9.76. The van der Waals surface area contributed by atoms with E-state index < -0.39 is 0 Å². The summed E-state index contributed by atoms with van der Waals surface area (Å²) in [5.41, 5.74) is 2.51. The molecule has 3 heteroatoms. The molecule has 1 nitrogen and oxygen atoms in total. The summed E-state index contributed by atoms with van der Waals surface area (Å²) in [5, 5.41) is 3.47. The number of fused-ring (bicyclic) bond motifs is 2. The second kappa shape index (κ2) is 4.27. The molecule has 1 N–H and O–H groups in total. The predicted octanol–water partition coefficient (Wildman–Crippen LogP) is 4.61. The molecule has 1 aliphatic carbocycles. The molecule has 1 aromatic carbocycles. The molecule has 1 heterocycles. The Kier molecular flexibility index (Phi) is 2.89. The lowest BCUT2D eigenvalue weighted by Crippen LogP contribution is -2.27. The molecule has 0 atom stereocenters. The summed E-state index contributed by atoms with van der Waals surface area (Å²) in [4.78, 5) is 0. The van der Waals surface area contributed by atoms with Crippen LogP contribution in [-0.4, -0.2) is 6.54 Å². The molecule has 0 radical (unpaired) electrons. The average Bonchev–Trinajstić information content (AvgIpc) is 2.49. The molecule has 1 saturated carbocycles. The van der Waals surface area contributed by atoms with Crippen molar-refractivity contribution in [1.29, 1.82) is 0 Å². The fraction of sp³-hybridized carbons (Fsp3) is 0.571. The highest BCUT2D eigenvalue weighted by molar-refractivity contribution is 9.10. The topological polar surface area (TPSA) is 12.0 Å². The first-order valence-corrected chi connectivity index (χ1v) is 7.24. The van der Waals surface area contributed by atoms with Crippen molar-refractivity contribution in [2.75, 3.05) is 11.9 Å². The summed E-state index contributed by atoms with van der Waals surface area (Å²) >= 11 is 3.47. The zero-order valence-electron chi connectivity index (χ0n) is 9.86. The zero-order valence-corrected chi connectivity index (χ0v) is 11.4. The molecule has 1 spiro atoms. The van der Waals surface area contributed by atoms with Crippen molar-refractivity contribution >= 4 is 21.6 Å². The van der Waals surface area contributed by atoms with E-state index in [9.17, 15) is 4.39 Å². The summed E-state index contributed by atoms with van der Waals surface area (Å²) in [6, 6.07) is 3.30. The third-order valence-electron chi connectivity index (χ3n) is 4.29. The minimum atomic E-state index is -0.122. The maximum Gasteiger partial charge on any atom is 0.124 e. The van der Waals surface area contributed by atoms with Gasteiger partial charge in [0.05, 0.1) is 5.69 Å². The quantitative estimate of drug-likeness (QED) is 0.737. The molecule has 92 valence electrons. The van der Waals surface area contributed by atoms with E-state index in [2.05, 4.69) is 21.2 Å². The molecule has 0 saturated heterocycles. The number of anilines is 1. The maximum atomic E-state index is 13.6. The molecular formula is C14H17BrFN. The van der Waals surface area contributed by atoms with E-state index in [0.717, 1.165) is 16.7 Å². The summed E-state index contributed by atoms with van der Waals surface area (Å²) in [6.07, 6.45) is 7.59. The summed E-state index contributed by atoms with van der Waals surface area (Å²) < 4.78 is 14.5. The number of hydrogen-bond donors (Lipinski definition) is 1. The fourth-order valence-corrected chi connectivity index (χ4v) is 3.95. The largest absolute Gasteiger partial charge is 0.383 e. The van der Waals surface area contributed by atoms with Crippen LogP contribution in [0.2, 0.25) is 0 Å². The number of benzene rings is 1. The number of nitrogens with one attached hydrogen (secondary N) is 1. The molecule has 1 aromatic rings. The van der Waals surface area contributed by atoms with Gasteiger partial charge in [-0.2, -0.15) is 0 Å². The Bertz CT molecular complexity index is 436. The van der Waals surface area contributed by atoms with Gasteiger partial charge in [-0.3, -0.25) is 0 Å². The lowest BCUT2D eigenvalue weighted by Gasteiger charge is -2.27. The van der Waals surface area contributed by atoms with Gasteiger partial charge in [0.25, 0.3) is 0 Å². The first kappa shape index (κ1) is 11.5. The standard InChI is InChI=1S/C14H17BrFN/c15-12-8-10(16)7-11-13(12)17-9-14(11)5-3-1-2-4-6-14/h7-8,17H,1-6,9H2. The van der Waals surface area contributed by atoms with Crippen molar-refractivity contribution < 1.29 is 4.39 Å². The fourth-order valence-electron chi connectivity index (χ4n) is 3.38. The van der Waals surface area contributed by atoms with E-state index in [-0.39, 0.29) is 11.2 Å². The van der Waals surface area contributed by atoms with Crippen molar-refractivity contribution in [1.82, 2.24) is 0 Å². The van der Waals surface area contributed by atoms with Crippen LogP contribution in [0, 0.1) is 5.82 Å². The van der Waals surface area contributed by atoms with Gasteiger partial charge < -0.3 is 5.32 Å².